The molecule has 0 amide bonds. The minimum absolute atomic E-state index is 0.0132. The van der Waals surface area contributed by atoms with E-state index >= 15 is 0 Å². The van der Waals surface area contributed by atoms with Crippen LogP contribution < -0.4 is 0 Å². The van der Waals surface area contributed by atoms with E-state index < -0.39 is 26.8 Å². The Morgan fingerprint density at radius 2 is 1.79 bits per heavy atom. The van der Waals surface area contributed by atoms with E-state index in [-0.39, 0.29) is 17.2 Å². The van der Waals surface area contributed by atoms with Crippen molar-refractivity contribution in [2.75, 3.05) is 12.3 Å². The second kappa shape index (κ2) is 7.62. The van der Waals surface area contributed by atoms with Crippen LogP contribution in [-0.2, 0) is 14.8 Å². The van der Waals surface area contributed by atoms with Crippen LogP contribution in [0, 0.1) is 0 Å². The molecule has 1 aromatic carbocycles. The summed E-state index contributed by atoms with van der Waals surface area (Å²) < 4.78 is 26.7. The predicted molar refractivity (Wildman–Crippen MR) is 112 cm³/mol. The molecule has 1 aromatic heterocycles. The van der Waals surface area contributed by atoms with Crippen LogP contribution in [0.25, 0.3) is 10.4 Å². The standard InChI is InChI=1S/C19H21NO5S3/c1-12(21)15-8-9-16(27-15)13-4-6-14(7-5-13)28(24,25)20-10-11-26-19(2,3)17(20)18(22)23/h4-9,17H,10-11H2,1-3H3,(H,22,23)/t17-/m0/s1. The maximum atomic E-state index is 13.1. The molecule has 1 saturated heterocycles. The van der Waals surface area contributed by atoms with Crippen LogP contribution in [0.1, 0.15) is 30.4 Å². The molecule has 1 aliphatic heterocycles. The number of hydrogen-bond acceptors (Lipinski definition) is 6. The number of Topliss-reactive ketones (excluding diaryl/α,β-unsaturated/α-hetero) is 1. The van der Waals surface area contributed by atoms with Crippen molar-refractivity contribution in [3.63, 3.8) is 0 Å². The SMILES string of the molecule is CC(=O)c1ccc(-c2ccc(S(=O)(=O)N3CCSC(C)(C)[C@@H]3C(=O)O)cc2)s1. The number of hydrogen-bond donors (Lipinski definition) is 1. The molecule has 1 atom stereocenters. The summed E-state index contributed by atoms with van der Waals surface area (Å²) in [6, 6.07) is 8.79. The molecule has 0 radical (unpaired) electrons. The van der Waals surface area contributed by atoms with Crippen molar-refractivity contribution >= 4 is 44.9 Å². The topological polar surface area (TPSA) is 91.8 Å². The number of aliphatic carboxylic acids is 1. The van der Waals surface area contributed by atoms with Gasteiger partial charge >= 0.3 is 5.97 Å². The van der Waals surface area contributed by atoms with Gasteiger partial charge in [0.1, 0.15) is 6.04 Å². The summed E-state index contributed by atoms with van der Waals surface area (Å²) in [6.45, 7) is 5.17. The number of nitrogens with zero attached hydrogens (tertiary/aromatic N) is 1. The zero-order valence-electron chi connectivity index (χ0n) is 15.7. The number of benzene rings is 1. The largest absolute Gasteiger partial charge is 0.480 e. The van der Waals surface area contributed by atoms with Gasteiger partial charge in [0.2, 0.25) is 10.0 Å². The quantitative estimate of drug-likeness (QED) is 0.716. The summed E-state index contributed by atoms with van der Waals surface area (Å²) in [7, 11) is -3.95. The number of carboxylic acid groups (broad SMARTS) is 1. The van der Waals surface area contributed by atoms with Crippen molar-refractivity contribution in [1.82, 2.24) is 4.31 Å². The number of rotatable bonds is 5. The lowest BCUT2D eigenvalue weighted by Gasteiger charge is -2.42. The van der Waals surface area contributed by atoms with E-state index in [4.69, 9.17) is 0 Å². The van der Waals surface area contributed by atoms with Crippen LogP contribution in [0.5, 0.6) is 0 Å². The Morgan fingerprint density at radius 3 is 2.32 bits per heavy atom. The molecular weight excluding hydrogens is 418 g/mol. The Balaban J connectivity index is 1.93. The molecule has 3 rings (SSSR count). The van der Waals surface area contributed by atoms with Gasteiger partial charge in [0.15, 0.2) is 5.78 Å². The fourth-order valence-electron chi connectivity index (χ4n) is 3.24. The zero-order chi connectivity index (χ0) is 20.7. The first kappa shape index (κ1) is 21.0. The second-order valence-electron chi connectivity index (χ2n) is 7.05. The van der Waals surface area contributed by atoms with Gasteiger partial charge in [-0.15, -0.1) is 11.3 Å². The third-order valence-corrected chi connectivity index (χ3v) is 9.13. The molecule has 0 saturated carbocycles. The van der Waals surface area contributed by atoms with Gasteiger partial charge in [-0.05, 0) is 50.6 Å². The van der Waals surface area contributed by atoms with Crippen LogP contribution in [0.2, 0.25) is 0 Å². The van der Waals surface area contributed by atoms with Crippen molar-refractivity contribution in [1.29, 1.82) is 0 Å². The Bertz CT molecular complexity index is 1010. The van der Waals surface area contributed by atoms with E-state index in [0.717, 1.165) is 14.7 Å². The van der Waals surface area contributed by atoms with E-state index in [2.05, 4.69) is 0 Å². The highest BCUT2D eigenvalue weighted by atomic mass is 32.2. The fourth-order valence-corrected chi connectivity index (χ4v) is 7.24. The Kier molecular flexibility index (Phi) is 5.73. The van der Waals surface area contributed by atoms with E-state index in [0.29, 0.717) is 10.6 Å². The van der Waals surface area contributed by atoms with E-state index in [9.17, 15) is 23.1 Å². The second-order valence-corrected chi connectivity index (χ2v) is 11.8. The summed E-state index contributed by atoms with van der Waals surface area (Å²) in [5.41, 5.74) is 0.806. The van der Waals surface area contributed by atoms with Gasteiger partial charge in [-0.25, -0.2) is 8.42 Å². The van der Waals surface area contributed by atoms with Crippen molar-refractivity contribution in [2.45, 2.75) is 36.5 Å². The maximum absolute atomic E-state index is 13.1. The number of thiophene rings is 1. The van der Waals surface area contributed by atoms with Crippen LogP contribution in [0.4, 0.5) is 0 Å². The highest BCUT2D eigenvalue weighted by Crippen LogP contribution is 2.38. The summed E-state index contributed by atoms with van der Waals surface area (Å²) in [5.74, 6) is -0.620. The molecule has 0 aliphatic carbocycles. The normalized spacial score (nSPS) is 20.0. The Labute approximate surface area is 172 Å². The molecule has 1 aliphatic rings. The van der Waals surface area contributed by atoms with Gasteiger partial charge < -0.3 is 5.11 Å². The first-order valence-electron chi connectivity index (χ1n) is 8.64. The molecule has 0 spiro atoms. The number of carboxylic acids is 1. The number of carbonyl (C=O) groups excluding carboxylic acids is 1. The summed E-state index contributed by atoms with van der Waals surface area (Å²) in [5, 5.41) is 9.65. The predicted octanol–water partition coefficient (Wildman–Crippen LogP) is 3.59. The molecule has 0 unspecified atom stereocenters. The molecule has 2 heterocycles. The molecule has 9 heteroatoms. The van der Waals surface area contributed by atoms with Crippen molar-refractivity contribution in [3.8, 4) is 10.4 Å². The molecule has 1 N–H and O–H groups in total. The average Bonchev–Trinajstić information content (AvgIpc) is 3.11. The van der Waals surface area contributed by atoms with Gasteiger partial charge in [-0.2, -0.15) is 16.1 Å². The minimum atomic E-state index is -3.95. The molecule has 150 valence electrons. The van der Waals surface area contributed by atoms with Gasteiger partial charge in [-0.1, -0.05) is 12.1 Å². The summed E-state index contributed by atoms with van der Waals surface area (Å²) in [4.78, 5) is 24.8. The van der Waals surface area contributed by atoms with Gasteiger partial charge in [0, 0.05) is 21.9 Å². The molecule has 0 bridgehead atoms. The lowest BCUT2D eigenvalue weighted by Crippen LogP contribution is -2.58. The third-order valence-electron chi connectivity index (χ3n) is 4.66. The molecular formula is C19H21NO5S3. The van der Waals surface area contributed by atoms with Crippen LogP contribution in [0.15, 0.2) is 41.3 Å². The lowest BCUT2D eigenvalue weighted by atomic mass is 10.0. The molecule has 6 nitrogen and oxygen atoms in total. The van der Waals surface area contributed by atoms with Crippen LogP contribution >= 0.6 is 23.1 Å². The number of thioether (sulfide) groups is 1. The number of carbonyl (C=O) groups is 2. The van der Waals surface area contributed by atoms with E-state index in [1.165, 1.54) is 42.2 Å². The van der Waals surface area contributed by atoms with Crippen LogP contribution in [-0.4, -0.2) is 52.7 Å². The first-order chi connectivity index (χ1) is 13.0. The average molecular weight is 440 g/mol. The third kappa shape index (κ3) is 3.89. The Hall–Kier alpha value is -1.68. The van der Waals surface area contributed by atoms with Crippen molar-refractivity contribution in [3.05, 3.63) is 41.3 Å². The molecule has 1 fully saturated rings. The highest BCUT2D eigenvalue weighted by Gasteiger charge is 2.48. The summed E-state index contributed by atoms with van der Waals surface area (Å²) >= 11 is 2.81. The van der Waals surface area contributed by atoms with Gasteiger partial charge in [0.05, 0.1) is 9.77 Å². The van der Waals surface area contributed by atoms with Gasteiger partial charge in [0.25, 0.3) is 0 Å². The van der Waals surface area contributed by atoms with Gasteiger partial charge in [-0.3, -0.25) is 9.59 Å². The van der Waals surface area contributed by atoms with Crippen molar-refractivity contribution < 1.29 is 23.1 Å². The first-order valence-corrected chi connectivity index (χ1v) is 11.9. The Morgan fingerprint density at radius 1 is 1.14 bits per heavy atom. The van der Waals surface area contributed by atoms with Crippen LogP contribution in [0.3, 0.4) is 0 Å². The molecule has 2 aromatic rings. The minimum Gasteiger partial charge on any atom is -0.480 e. The fraction of sp³-hybridized carbons (Fsp3) is 0.368. The number of ketones is 1. The monoisotopic (exact) mass is 439 g/mol. The zero-order valence-corrected chi connectivity index (χ0v) is 18.2. The maximum Gasteiger partial charge on any atom is 0.323 e. The highest BCUT2D eigenvalue weighted by molar-refractivity contribution is 8.00. The number of sulfonamides is 1. The van der Waals surface area contributed by atoms with E-state index in [1.807, 2.05) is 6.07 Å². The lowest BCUT2D eigenvalue weighted by molar-refractivity contribution is -0.142. The summed E-state index contributed by atoms with van der Waals surface area (Å²) in [6.07, 6.45) is 0. The smallest absolute Gasteiger partial charge is 0.323 e. The van der Waals surface area contributed by atoms with Crippen molar-refractivity contribution in [2.24, 2.45) is 0 Å². The molecule has 28 heavy (non-hydrogen) atoms. The van der Waals surface area contributed by atoms with E-state index in [1.54, 1.807) is 32.0 Å².